The third-order valence-electron chi connectivity index (χ3n) is 3.82. The highest BCUT2D eigenvalue weighted by Gasteiger charge is 2.19. The maximum atomic E-state index is 12.3. The average Bonchev–Trinajstić information content (AvgIpc) is 2.98. The molecule has 6 heteroatoms. The Morgan fingerprint density at radius 2 is 2.22 bits per heavy atom. The highest BCUT2D eigenvalue weighted by atomic mass is 16.5. The van der Waals surface area contributed by atoms with Gasteiger partial charge in [0.1, 0.15) is 11.6 Å². The van der Waals surface area contributed by atoms with Crippen LogP contribution in [0.2, 0.25) is 0 Å². The first-order valence-electron chi connectivity index (χ1n) is 7.85. The Kier molecular flexibility index (Phi) is 5.73. The summed E-state index contributed by atoms with van der Waals surface area (Å²) in [6.45, 7) is 5.88. The molecule has 2 N–H and O–H groups in total. The Balaban J connectivity index is 1.97. The SMILES string of the molecule is CC[C@@H](NC(=O)C[C@H](C)c1cccc(OC)c1)c1n[nH]c(C)n1. The molecule has 0 bridgehead atoms. The Bertz CT molecular complexity index is 654. The zero-order chi connectivity index (χ0) is 16.8. The minimum absolute atomic E-state index is 0.00498. The van der Waals surface area contributed by atoms with Crippen molar-refractivity contribution in [1.82, 2.24) is 20.5 Å². The fraction of sp³-hybridized carbons (Fsp3) is 0.471. The Hall–Kier alpha value is -2.37. The summed E-state index contributed by atoms with van der Waals surface area (Å²) in [5, 5.41) is 9.95. The van der Waals surface area contributed by atoms with Gasteiger partial charge in [-0.15, -0.1) is 0 Å². The second-order valence-electron chi connectivity index (χ2n) is 5.69. The molecule has 2 aromatic rings. The molecule has 1 aromatic heterocycles. The van der Waals surface area contributed by atoms with Crippen LogP contribution in [0.4, 0.5) is 0 Å². The molecule has 124 valence electrons. The number of hydrogen-bond donors (Lipinski definition) is 2. The quantitative estimate of drug-likeness (QED) is 0.823. The van der Waals surface area contributed by atoms with Gasteiger partial charge in [-0.1, -0.05) is 26.0 Å². The molecular formula is C17H24N4O2. The van der Waals surface area contributed by atoms with Crippen LogP contribution in [0.15, 0.2) is 24.3 Å². The van der Waals surface area contributed by atoms with Crippen LogP contribution < -0.4 is 10.1 Å². The maximum absolute atomic E-state index is 12.3. The molecule has 2 rings (SSSR count). The zero-order valence-electron chi connectivity index (χ0n) is 14.1. The van der Waals surface area contributed by atoms with Crippen LogP contribution in [0.1, 0.15) is 55.9 Å². The molecule has 0 unspecified atom stereocenters. The summed E-state index contributed by atoms with van der Waals surface area (Å²) in [5.41, 5.74) is 1.08. The fourth-order valence-corrected chi connectivity index (χ4v) is 2.46. The molecule has 1 aromatic carbocycles. The number of benzene rings is 1. The largest absolute Gasteiger partial charge is 0.497 e. The number of carbonyl (C=O) groups is 1. The van der Waals surface area contributed by atoms with Crippen LogP contribution in [0.5, 0.6) is 5.75 Å². The van der Waals surface area contributed by atoms with E-state index in [1.54, 1.807) is 7.11 Å². The maximum Gasteiger partial charge on any atom is 0.221 e. The molecule has 0 spiro atoms. The van der Waals surface area contributed by atoms with Gasteiger partial charge in [-0.2, -0.15) is 5.10 Å². The molecule has 1 heterocycles. The molecule has 0 aliphatic heterocycles. The molecule has 0 aliphatic rings. The summed E-state index contributed by atoms with van der Waals surface area (Å²) < 4.78 is 5.23. The van der Waals surface area contributed by atoms with Gasteiger partial charge in [0, 0.05) is 6.42 Å². The summed E-state index contributed by atoms with van der Waals surface area (Å²) in [6.07, 6.45) is 1.16. The highest BCUT2D eigenvalue weighted by Crippen LogP contribution is 2.23. The lowest BCUT2D eigenvalue weighted by Gasteiger charge is -2.17. The van der Waals surface area contributed by atoms with Crippen LogP contribution in [0.25, 0.3) is 0 Å². The van der Waals surface area contributed by atoms with Crippen molar-refractivity contribution < 1.29 is 9.53 Å². The van der Waals surface area contributed by atoms with Crippen molar-refractivity contribution >= 4 is 5.91 Å². The number of aromatic amines is 1. The van der Waals surface area contributed by atoms with Crippen LogP contribution in [0.3, 0.4) is 0 Å². The summed E-state index contributed by atoms with van der Waals surface area (Å²) in [4.78, 5) is 16.6. The predicted molar refractivity (Wildman–Crippen MR) is 88.3 cm³/mol. The van der Waals surface area contributed by atoms with Gasteiger partial charge in [0.2, 0.25) is 5.91 Å². The van der Waals surface area contributed by atoms with E-state index in [0.717, 1.165) is 23.6 Å². The van der Waals surface area contributed by atoms with E-state index in [0.29, 0.717) is 12.2 Å². The van der Waals surface area contributed by atoms with Gasteiger partial charge in [-0.25, -0.2) is 4.98 Å². The molecule has 0 saturated heterocycles. The number of methoxy groups -OCH3 is 1. The molecule has 1 amide bonds. The number of rotatable bonds is 7. The summed E-state index contributed by atoms with van der Waals surface area (Å²) in [7, 11) is 1.64. The van der Waals surface area contributed by atoms with Gasteiger partial charge < -0.3 is 10.1 Å². The van der Waals surface area contributed by atoms with Crippen molar-refractivity contribution in [3.8, 4) is 5.75 Å². The third kappa shape index (κ3) is 4.55. The fourth-order valence-electron chi connectivity index (χ4n) is 2.46. The number of aryl methyl sites for hydroxylation is 1. The summed E-state index contributed by atoms with van der Waals surface area (Å²) >= 11 is 0. The summed E-state index contributed by atoms with van der Waals surface area (Å²) in [6, 6.07) is 7.65. The molecule has 0 fully saturated rings. The molecule has 6 nitrogen and oxygen atoms in total. The Morgan fingerprint density at radius 1 is 1.43 bits per heavy atom. The van der Waals surface area contributed by atoms with E-state index < -0.39 is 0 Å². The number of H-pyrrole nitrogens is 1. The number of aromatic nitrogens is 3. The Morgan fingerprint density at radius 3 is 2.83 bits per heavy atom. The van der Waals surface area contributed by atoms with Crippen LogP contribution in [0, 0.1) is 6.92 Å². The van der Waals surface area contributed by atoms with Gasteiger partial charge in [0.05, 0.1) is 13.2 Å². The third-order valence-corrected chi connectivity index (χ3v) is 3.82. The van der Waals surface area contributed by atoms with Gasteiger partial charge in [0.15, 0.2) is 5.82 Å². The number of ether oxygens (including phenoxy) is 1. The lowest BCUT2D eigenvalue weighted by Crippen LogP contribution is -2.29. The monoisotopic (exact) mass is 316 g/mol. The minimum atomic E-state index is -0.162. The average molecular weight is 316 g/mol. The van der Waals surface area contributed by atoms with E-state index in [4.69, 9.17) is 4.74 Å². The molecule has 0 saturated carbocycles. The first-order valence-corrected chi connectivity index (χ1v) is 7.85. The van der Waals surface area contributed by atoms with Crippen molar-refractivity contribution in [3.63, 3.8) is 0 Å². The number of amides is 1. The lowest BCUT2D eigenvalue weighted by molar-refractivity contribution is -0.122. The van der Waals surface area contributed by atoms with E-state index in [1.165, 1.54) is 0 Å². The second-order valence-corrected chi connectivity index (χ2v) is 5.69. The minimum Gasteiger partial charge on any atom is -0.497 e. The van der Waals surface area contributed by atoms with E-state index in [1.807, 2.05) is 45.0 Å². The smallest absolute Gasteiger partial charge is 0.221 e. The number of carbonyl (C=O) groups excluding carboxylic acids is 1. The highest BCUT2D eigenvalue weighted by molar-refractivity contribution is 5.77. The standard InChI is InChI=1S/C17H24N4O2/c1-5-15(17-18-12(3)20-21-17)19-16(22)9-11(2)13-7-6-8-14(10-13)23-4/h6-8,10-11,15H,5,9H2,1-4H3,(H,19,22)(H,18,20,21)/t11-,15+/m0/s1. The molecular weight excluding hydrogens is 292 g/mol. The van der Waals surface area contributed by atoms with E-state index in [2.05, 4.69) is 20.5 Å². The van der Waals surface area contributed by atoms with Crippen molar-refractivity contribution in [1.29, 1.82) is 0 Å². The topological polar surface area (TPSA) is 79.9 Å². The number of nitrogens with one attached hydrogen (secondary N) is 2. The summed E-state index contributed by atoms with van der Waals surface area (Å²) in [5.74, 6) is 2.29. The molecule has 2 atom stereocenters. The first-order chi connectivity index (χ1) is 11.0. The van der Waals surface area contributed by atoms with Crippen molar-refractivity contribution in [3.05, 3.63) is 41.5 Å². The molecule has 23 heavy (non-hydrogen) atoms. The van der Waals surface area contributed by atoms with Crippen LogP contribution in [-0.2, 0) is 4.79 Å². The van der Waals surface area contributed by atoms with E-state index >= 15 is 0 Å². The van der Waals surface area contributed by atoms with Gasteiger partial charge in [-0.05, 0) is 37.0 Å². The molecule has 0 radical (unpaired) electrons. The number of hydrogen-bond acceptors (Lipinski definition) is 4. The lowest BCUT2D eigenvalue weighted by atomic mass is 9.97. The first kappa shape index (κ1) is 17.0. The van der Waals surface area contributed by atoms with Gasteiger partial charge >= 0.3 is 0 Å². The Labute approximate surface area is 136 Å². The molecule has 0 aliphatic carbocycles. The van der Waals surface area contributed by atoms with Gasteiger partial charge in [0.25, 0.3) is 0 Å². The number of nitrogens with zero attached hydrogens (tertiary/aromatic N) is 2. The van der Waals surface area contributed by atoms with Gasteiger partial charge in [-0.3, -0.25) is 9.89 Å². The van der Waals surface area contributed by atoms with Crippen LogP contribution >= 0.6 is 0 Å². The van der Waals surface area contributed by atoms with Crippen LogP contribution in [-0.4, -0.2) is 28.2 Å². The van der Waals surface area contributed by atoms with Crippen molar-refractivity contribution in [2.75, 3.05) is 7.11 Å². The zero-order valence-corrected chi connectivity index (χ0v) is 14.1. The predicted octanol–water partition coefficient (Wildman–Crippen LogP) is 2.88. The second kappa shape index (κ2) is 7.76. The van der Waals surface area contributed by atoms with Crippen molar-refractivity contribution in [2.45, 2.75) is 45.6 Å². The van der Waals surface area contributed by atoms with E-state index in [-0.39, 0.29) is 17.9 Å². The van der Waals surface area contributed by atoms with E-state index in [9.17, 15) is 4.79 Å². The van der Waals surface area contributed by atoms with Crippen molar-refractivity contribution in [2.24, 2.45) is 0 Å². The normalized spacial score (nSPS) is 13.4.